The van der Waals surface area contributed by atoms with E-state index < -0.39 is 17.2 Å². The van der Waals surface area contributed by atoms with E-state index in [0.29, 0.717) is 10.0 Å². The van der Waals surface area contributed by atoms with E-state index in [2.05, 4.69) is 5.32 Å². The molecule has 4 atom stereocenters. The number of hydrogen-bond donors (Lipinski definition) is 2. The molecular weight excluding hydrogens is 323 g/mol. The topological polar surface area (TPSA) is 72.2 Å². The number of benzene rings is 1. The molecule has 2 bridgehead atoms. The molecule has 0 spiro atoms. The smallest absolute Gasteiger partial charge is 0.231 e. The minimum absolute atomic E-state index is 0.104. The zero-order chi connectivity index (χ0) is 16.1. The Morgan fingerprint density at radius 1 is 1.27 bits per heavy atom. The van der Waals surface area contributed by atoms with Gasteiger partial charge in [0.25, 0.3) is 0 Å². The zero-order valence-corrected chi connectivity index (χ0v) is 13.7. The molecule has 3 rings (SSSR count). The highest BCUT2D eigenvalue weighted by atomic mass is 35.5. The van der Waals surface area contributed by atoms with E-state index in [9.17, 15) is 9.59 Å². The van der Waals surface area contributed by atoms with Crippen molar-refractivity contribution in [1.82, 2.24) is 5.32 Å². The van der Waals surface area contributed by atoms with E-state index in [1.165, 1.54) is 0 Å². The van der Waals surface area contributed by atoms with E-state index in [4.69, 9.17) is 28.9 Å². The van der Waals surface area contributed by atoms with Gasteiger partial charge >= 0.3 is 0 Å². The van der Waals surface area contributed by atoms with Crippen LogP contribution < -0.4 is 11.1 Å². The van der Waals surface area contributed by atoms with Gasteiger partial charge in [0.2, 0.25) is 11.8 Å². The first-order valence-electron chi connectivity index (χ1n) is 7.40. The first-order chi connectivity index (χ1) is 10.4. The monoisotopic (exact) mass is 340 g/mol. The molecule has 22 heavy (non-hydrogen) atoms. The minimum Gasteiger partial charge on any atom is -0.369 e. The van der Waals surface area contributed by atoms with Crippen molar-refractivity contribution in [2.45, 2.75) is 24.7 Å². The van der Waals surface area contributed by atoms with Crippen molar-refractivity contribution in [2.24, 2.45) is 23.5 Å². The van der Waals surface area contributed by atoms with Gasteiger partial charge in [-0.2, -0.15) is 0 Å². The second kappa shape index (κ2) is 5.43. The van der Waals surface area contributed by atoms with Crippen molar-refractivity contribution in [2.75, 3.05) is 7.05 Å². The fraction of sp³-hybridized carbons (Fsp3) is 0.500. The minimum atomic E-state index is -0.933. The average molecular weight is 341 g/mol. The predicted octanol–water partition coefficient (Wildman–Crippen LogP) is 2.51. The van der Waals surface area contributed by atoms with Gasteiger partial charge in [0.05, 0.1) is 21.4 Å². The van der Waals surface area contributed by atoms with Gasteiger partial charge in [0, 0.05) is 7.05 Å². The SMILES string of the molecule is CNC(=O)C1(c2ccc(Cl)c(Cl)c2)C2CCC(C2)C1C(N)=O. The fourth-order valence-electron chi connectivity index (χ4n) is 4.65. The number of nitrogens with two attached hydrogens (primary N) is 1. The first-order valence-corrected chi connectivity index (χ1v) is 8.15. The molecular formula is C16H18Cl2N2O2. The number of amides is 2. The zero-order valence-electron chi connectivity index (χ0n) is 12.2. The summed E-state index contributed by atoms with van der Waals surface area (Å²) in [5, 5.41) is 3.54. The van der Waals surface area contributed by atoms with Crippen molar-refractivity contribution in [3.8, 4) is 0 Å². The van der Waals surface area contributed by atoms with Gasteiger partial charge in [0.1, 0.15) is 0 Å². The molecule has 4 unspecified atom stereocenters. The van der Waals surface area contributed by atoms with Crippen LogP contribution in [-0.4, -0.2) is 18.9 Å². The van der Waals surface area contributed by atoms with Crippen molar-refractivity contribution < 1.29 is 9.59 Å². The summed E-state index contributed by atoms with van der Waals surface area (Å²) in [5.41, 5.74) is 5.48. The van der Waals surface area contributed by atoms with Crippen molar-refractivity contribution in [1.29, 1.82) is 0 Å². The summed E-state index contributed by atoms with van der Waals surface area (Å²) in [6.45, 7) is 0. The van der Waals surface area contributed by atoms with Crippen LogP contribution >= 0.6 is 23.2 Å². The Bertz CT molecular complexity index is 649. The second-order valence-electron chi connectivity index (χ2n) is 6.23. The van der Waals surface area contributed by atoms with Crippen LogP contribution in [0.1, 0.15) is 24.8 Å². The molecule has 118 valence electrons. The van der Waals surface area contributed by atoms with E-state index in [0.717, 1.165) is 24.8 Å². The number of likely N-dealkylation sites (N-methyl/N-ethyl adjacent to an activating group) is 1. The van der Waals surface area contributed by atoms with Gasteiger partial charge in [-0.05, 0) is 48.8 Å². The molecule has 1 aromatic rings. The fourth-order valence-corrected chi connectivity index (χ4v) is 4.95. The summed E-state index contributed by atoms with van der Waals surface area (Å²) in [5.74, 6) is -0.811. The van der Waals surface area contributed by atoms with Crippen LogP contribution in [0.2, 0.25) is 10.0 Å². The average Bonchev–Trinajstić information content (AvgIpc) is 3.08. The van der Waals surface area contributed by atoms with Gasteiger partial charge < -0.3 is 11.1 Å². The van der Waals surface area contributed by atoms with E-state index in [1.54, 1.807) is 25.2 Å². The highest BCUT2D eigenvalue weighted by molar-refractivity contribution is 6.42. The number of carbonyl (C=O) groups excluding carboxylic acids is 2. The van der Waals surface area contributed by atoms with Crippen LogP contribution in [0.3, 0.4) is 0 Å². The summed E-state index contributed by atoms with van der Waals surface area (Å²) < 4.78 is 0. The Labute approximate surface area is 139 Å². The highest BCUT2D eigenvalue weighted by Crippen LogP contribution is 2.60. The summed E-state index contributed by atoms with van der Waals surface area (Å²) in [4.78, 5) is 25.0. The molecule has 0 radical (unpaired) electrons. The summed E-state index contributed by atoms with van der Waals surface area (Å²) in [7, 11) is 1.59. The molecule has 2 aliphatic carbocycles. The lowest BCUT2D eigenvalue weighted by molar-refractivity contribution is -0.138. The van der Waals surface area contributed by atoms with Crippen LogP contribution in [0.4, 0.5) is 0 Å². The maximum Gasteiger partial charge on any atom is 0.231 e. The van der Waals surface area contributed by atoms with Crippen molar-refractivity contribution in [3.63, 3.8) is 0 Å². The van der Waals surface area contributed by atoms with Gasteiger partial charge in [-0.1, -0.05) is 29.3 Å². The molecule has 6 heteroatoms. The molecule has 0 aliphatic heterocycles. The molecule has 2 saturated carbocycles. The third-order valence-electron chi connectivity index (χ3n) is 5.39. The van der Waals surface area contributed by atoms with Crippen LogP contribution in [0.25, 0.3) is 0 Å². The van der Waals surface area contributed by atoms with E-state index in [1.807, 2.05) is 0 Å². The summed E-state index contributed by atoms with van der Waals surface area (Å²) in [6.07, 6.45) is 2.71. The summed E-state index contributed by atoms with van der Waals surface area (Å²) in [6, 6.07) is 5.17. The quantitative estimate of drug-likeness (QED) is 0.887. The van der Waals surface area contributed by atoms with Crippen LogP contribution in [0.15, 0.2) is 18.2 Å². The maximum absolute atomic E-state index is 12.8. The standard InChI is InChI=1S/C16H18Cl2N2O2/c1-20-15(22)16(10-4-5-11(17)12(18)7-10)9-3-2-8(6-9)13(16)14(19)21/h4-5,7-9,13H,2-3,6H2,1H3,(H2,19,21)(H,20,22). The maximum atomic E-state index is 12.8. The molecule has 0 aromatic heterocycles. The Kier molecular flexibility index (Phi) is 3.86. The molecule has 2 aliphatic rings. The van der Waals surface area contributed by atoms with Crippen LogP contribution in [-0.2, 0) is 15.0 Å². The van der Waals surface area contributed by atoms with Crippen molar-refractivity contribution in [3.05, 3.63) is 33.8 Å². The lowest BCUT2D eigenvalue weighted by Crippen LogP contribution is -2.55. The second-order valence-corrected chi connectivity index (χ2v) is 7.04. The summed E-state index contributed by atoms with van der Waals surface area (Å²) >= 11 is 12.2. The number of primary amides is 1. The molecule has 2 amide bonds. The van der Waals surface area contributed by atoms with Gasteiger partial charge in [-0.25, -0.2) is 0 Å². The number of nitrogens with one attached hydrogen (secondary N) is 1. The normalized spacial score (nSPS) is 33.0. The number of rotatable bonds is 3. The molecule has 0 saturated heterocycles. The Balaban J connectivity index is 2.22. The number of hydrogen-bond acceptors (Lipinski definition) is 2. The molecule has 4 nitrogen and oxygen atoms in total. The lowest BCUT2D eigenvalue weighted by atomic mass is 9.61. The molecule has 0 heterocycles. The Hall–Kier alpha value is -1.26. The first kappa shape index (κ1) is 15.6. The number of fused-ring (bicyclic) bond motifs is 2. The highest BCUT2D eigenvalue weighted by Gasteiger charge is 2.64. The third kappa shape index (κ3) is 1.97. The number of halogens is 2. The van der Waals surface area contributed by atoms with E-state index in [-0.39, 0.29) is 17.7 Å². The van der Waals surface area contributed by atoms with Gasteiger partial charge in [-0.3, -0.25) is 9.59 Å². The molecule has 1 aromatic carbocycles. The van der Waals surface area contributed by atoms with Gasteiger partial charge in [-0.15, -0.1) is 0 Å². The largest absolute Gasteiger partial charge is 0.369 e. The van der Waals surface area contributed by atoms with E-state index >= 15 is 0 Å². The Morgan fingerprint density at radius 3 is 2.59 bits per heavy atom. The van der Waals surface area contributed by atoms with Crippen LogP contribution in [0.5, 0.6) is 0 Å². The predicted molar refractivity (Wildman–Crippen MR) is 85.7 cm³/mol. The number of carbonyl (C=O) groups is 2. The Morgan fingerprint density at radius 2 is 2.00 bits per heavy atom. The third-order valence-corrected chi connectivity index (χ3v) is 6.12. The molecule has 2 fully saturated rings. The molecule has 3 N–H and O–H groups in total. The lowest BCUT2D eigenvalue weighted by Gasteiger charge is -2.41. The van der Waals surface area contributed by atoms with Crippen LogP contribution in [0, 0.1) is 17.8 Å². The van der Waals surface area contributed by atoms with Crippen molar-refractivity contribution >= 4 is 35.0 Å². The van der Waals surface area contributed by atoms with Gasteiger partial charge in [0.15, 0.2) is 0 Å².